The van der Waals surface area contributed by atoms with E-state index in [-0.39, 0.29) is 0 Å². The summed E-state index contributed by atoms with van der Waals surface area (Å²) in [6, 6.07) is 46.4. The number of hydrogen-bond acceptors (Lipinski definition) is 0. The molecule has 5 aromatic carbocycles. The van der Waals surface area contributed by atoms with Crippen LogP contribution in [0.25, 0.3) is 44.5 Å². The molecule has 0 saturated heterocycles. The minimum Gasteiger partial charge on any atom is -0.0654 e. The van der Waals surface area contributed by atoms with Crippen molar-refractivity contribution in [3.63, 3.8) is 0 Å². The summed E-state index contributed by atoms with van der Waals surface area (Å²) in [5.74, 6) is 1.40. The van der Waals surface area contributed by atoms with Gasteiger partial charge in [0.15, 0.2) is 0 Å². The summed E-state index contributed by atoms with van der Waals surface area (Å²) in [5.41, 5.74) is 13.3. The van der Waals surface area contributed by atoms with E-state index in [1.807, 2.05) is 0 Å². The fourth-order valence-electron chi connectivity index (χ4n) is 8.69. The molecule has 0 heteroatoms. The zero-order valence-electron chi connectivity index (χ0n) is 35.8. The molecule has 298 valence electrons. The molecular weight excluding hydrogens is 673 g/mol. The third kappa shape index (κ3) is 13.6. The molecule has 0 nitrogen and oxygen atoms in total. The first-order chi connectivity index (χ1) is 27.6. The molecule has 0 amide bonds. The summed E-state index contributed by atoms with van der Waals surface area (Å²) in [7, 11) is 0. The second kappa shape index (κ2) is 24.7. The van der Waals surface area contributed by atoms with Crippen LogP contribution in [0.15, 0.2) is 121 Å². The van der Waals surface area contributed by atoms with E-state index in [2.05, 4.69) is 149 Å². The average molecular weight is 747 g/mol. The average Bonchev–Trinajstić information content (AvgIpc) is 3.25. The fraction of sp³-hybridized carbons (Fsp3) is 0.464. The Labute approximate surface area is 343 Å². The van der Waals surface area contributed by atoms with E-state index in [1.165, 1.54) is 184 Å². The molecule has 0 bridgehead atoms. The van der Waals surface area contributed by atoms with Gasteiger partial charge in [-0.3, -0.25) is 0 Å². The Morgan fingerprint density at radius 1 is 0.232 bits per heavy atom. The molecule has 0 N–H and O–H groups in total. The van der Waals surface area contributed by atoms with Gasteiger partial charge in [-0.25, -0.2) is 0 Å². The van der Waals surface area contributed by atoms with Gasteiger partial charge >= 0.3 is 0 Å². The highest BCUT2D eigenvalue weighted by Crippen LogP contribution is 2.34. The monoisotopic (exact) mass is 747 g/mol. The van der Waals surface area contributed by atoms with Crippen molar-refractivity contribution in [1.29, 1.82) is 0 Å². The minimum absolute atomic E-state index is 0.699. The largest absolute Gasteiger partial charge is 0.0654 e. The van der Waals surface area contributed by atoms with Crippen LogP contribution in [0.5, 0.6) is 0 Å². The van der Waals surface area contributed by atoms with Crippen molar-refractivity contribution in [2.75, 3.05) is 0 Å². The molecule has 0 aliphatic heterocycles. The van der Waals surface area contributed by atoms with Crippen LogP contribution in [0.4, 0.5) is 0 Å². The fourth-order valence-corrected chi connectivity index (χ4v) is 8.69. The maximum atomic E-state index is 2.41. The number of rotatable bonds is 26. The van der Waals surface area contributed by atoms with Crippen LogP contribution in [0.3, 0.4) is 0 Å². The highest BCUT2D eigenvalue weighted by Gasteiger charge is 2.14. The first kappa shape index (κ1) is 43.2. The van der Waals surface area contributed by atoms with E-state index in [9.17, 15) is 0 Å². The number of hydrogen-bond donors (Lipinski definition) is 0. The lowest BCUT2D eigenvalue weighted by Gasteiger charge is -2.18. The standard InChI is InChI=1S/C56H74/c1-5-9-13-15-19-23-45(21-17-11-7-3)47-25-29-49(30-26-47)51-33-37-53(38-34-51)55-41-43-56(44-42-55)54-39-35-52(36-40-54)50-31-27-48(28-32-50)46(22-18-12-8-4)24-20-16-14-10-6-2/h25-46H,5-24H2,1-4H3. The Bertz CT molecular complexity index is 1610. The molecule has 2 unspecified atom stereocenters. The van der Waals surface area contributed by atoms with E-state index < -0.39 is 0 Å². The van der Waals surface area contributed by atoms with E-state index in [1.54, 1.807) is 0 Å². The van der Waals surface area contributed by atoms with E-state index in [4.69, 9.17) is 0 Å². The molecule has 0 saturated carbocycles. The predicted molar refractivity (Wildman–Crippen MR) is 249 cm³/mol. The van der Waals surface area contributed by atoms with Crippen LogP contribution in [-0.2, 0) is 0 Å². The van der Waals surface area contributed by atoms with Crippen LogP contribution >= 0.6 is 0 Å². The number of benzene rings is 5. The van der Waals surface area contributed by atoms with Gasteiger partial charge in [-0.15, -0.1) is 0 Å². The lowest BCUT2D eigenvalue weighted by Crippen LogP contribution is -2.00. The van der Waals surface area contributed by atoms with E-state index >= 15 is 0 Å². The lowest BCUT2D eigenvalue weighted by molar-refractivity contribution is 0.498. The maximum absolute atomic E-state index is 2.41. The van der Waals surface area contributed by atoms with Crippen molar-refractivity contribution in [3.8, 4) is 44.5 Å². The van der Waals surface area contributed by atoms with Gasteiger partial charge in [0.25, 0.3) is 0 Å². The summed E-state index contributed by atoms with van der Waals surface area (Å²) in [4.78, 5) is 0. The van der Waals surface area contributed by atoms with Gasteiger partial charge in [0.1, 0.15) is 0 Å². The van der Waals surface area contributed by atoms with Crippen LogP contribution in [0.1, 0.15) is 179 Å². The molecule has 56 heavy (non-hydrogen) atoms. The third-order valence-electron chi connectivity index (χ3n) is 12.4. The van der Waals surface area contributed by atoms with Crippen molar-refractivity contribution in [3.05, 3.63) is 132 Å². The molecule has 0 heterocycles. The minimum atomic E-state index is 0.699. The van der Waals surface area contributed by atoms with Gasteiger partial charge in [-0.1, -0.05) is 252 Å². The Morgan fingerprint density at radius 2 is 0.411 bits per heavy atom. The number of unbranched alkanes of at least 4 members (excludes halogenated alkanes) is 12. The van der Waals surface area contributed by atoms with Gasteiger partial charge in [-0.05, 0) is 93.2 Å². The topological polar surface area (TPSA) is 0 Å². The molecule has 0 spiro atoms. The molecule has 0 aromatic heterocycles. The summed E-state index contributed by atoms with van der Waals surface area (Å²) in [5, 5.41) is 0. The molecule has 5 rings (SSSR count). The SMILES string of the molecule is CCCCCCCC(CCCCC)c1ccc(-c2ccc(-c3ccc(-c4ccc(-c5ccc(C(CCCCC)CCCCCCC)cc5)cc4)cc3)cc2)cc1. The zero-order chi connectivity index (χ0) is 39.2. The van der Waals surface area contributed by atoms with E-state index in [0.717, 1.165) is 0 Å². The second-order valence-corrected chi connectivity index (χ2v) is 16.8. The van der Waals surface area contributed by atoms with Gasteiger partial charge < -0.3 is 0 Å². The molecular formula is C56H74. The predicted octanol–water partition coefficient (Wildman–Crippen LogP) is 18.4. The zero-order valence-corrected chi connectivity index (χ0v) is 35.8. The molecule has 0 aliphatic rings. The Morgan fingerprint density at radius 3 is 0.643 bits per heavy atom. The highest BCUT2D eigenvalue weighted by molar-refractivity contribution is 5.75. The first-order valence-corrected chi connectivity index (χ1v) is 23.1. The molecule has 5 aromatic rings. The van der Waals surface area contributed by atoms with Crippen LogP contribution in [-0.4, -0.2) is 0 Å². The smallest absolute Gasteiger partial charge is 0.0162 e. The van der Waals surface area contributed by atoms with Crippen molar-refractivity contribution in [1.82, 2.24) is 0 Å². The molecule has 0 aliphatic carbocycles. The Balaban J connectivity index is 1.17. The van der Waals surface area contributed by atoms with Crippen molar-refractivity contribution in [2.45, 2.75) is 168 Å². The normalized spacial score (nSPS) is 12.5. The summed E-state index contributed by atoms with van der Waals surface area (Å²) in [6.45, 7) is 9.24. The van der Waals surface area contributed by atoms with Crippen molar-refractivity contribution >= 4 is 0 Å². The van der Waals surface area contributed by atoms with Crippen LogP contribution in [0.2, 0.25) is 0 Å². The van der Waals surface area contributed by atoms with E-state index in [0.29, 0.717) is 11.8 Å². The van der Waals surface area contributed by atoms with Crippen LogP contribution < -0.4 is 0 Å². The van der Waals surface area contributed by atoms with Gasteiger partial charge in [0, 0.05) is 0 Å². The Kier molecular flexibility index (Phi) is 19.0. The molecule has 0 fully saturated rings. The summed E-state index contributed by atoms with van der Waals surface area (Å²) < 4.78 is 0. The van der Waals surface area contributed by atoms with Gasteiger partial charge in [-0.2, -0.15) is 0 Å². The molecule has 0 radical (unpaired) electrons. The quantitative estimate of drug-likeness (QED) is 0.0494. The second-order valence-electron chi connectivity index (χ2n) is 16.8. The Hall–Kier alpha value is -3.90. The highest BCUT2D eigenvalue weighted by atomic mass is 14.2. The first-order valence-electron chi connectivity index (χ1n) is 23.1. The van der Waals surface area contributed by atoms with Crippen molar-refractivity contribution in [2.24, 2.45) is 0 Å². The molecule has 2 atom stereocenters. The third-order valence-corrected chi connectivity index (χ3v) is 12.4. The van der Waals surface area contributed by atoms with Gasteiger partial charge in [0.05, 0.1) is 0 Å². The summed E-state index contributed by atoms with van der Waals surface area (Å²) >= 11 is 0. The van der Waals surface area contributed by atoms with Crippen molar-refractivity contribution < 1.29 is 0 Å². The lowest BCUT2D eigenvalue weighted by atomic mass is 9.87. The van der Waals surface area contributed by atoms with Crippen LogP contribution in [0, 0.1) is 0 Å². The maximum Gasteiger partial charge on any atom is -0.0162 e. The summed E-state index contributed by atoms with van der Waals surface area (Å²) in [6.07, 6.45) is 27.0. The van der Waals surface area contributed by atoms with Gasteiger partial charge in [0.2, 0.25) is 0 Å².